The fourth-order valence-electron chi connectivity index (χ4n) is 3.18. The Hall–Kier alpha value is -3.25. The van der Waals surface area contributed by atoms with Gasteiger partial charge in [-0.1, -0.05) is 60.7 Å². The topological polar surface area (TPSA) is 64.0 Å². The molecule has 0 aliphatic rings. The van der Waals surface area contributed by atoms with E-state index >= 15 is 0 Å². The molecule has 1 atom stereocenters. The van der Waals surface area contributed by atoms with Crippen LogP contribution in [0.1, 0.15) is 18.5 Å². The first-order valence-electron chi connectivity index (χ1n) is 9.00. The molecule has 0 bridgehead atoms. The molecule has 2 aromatic heterocycles. The summed E-state index contributed by atoms with van der Waals surface area (Å²) in [7, 11) is 0. The second kappa shape index (κ2) is 7.78. The Morgan fingerprint density at radius 3 is 2.50 bits per heavy atom. The summed E-state index contributed by atoms with van der Waals surface area (Å²) >= 11 is 1.43. The van der Waals surface area contributed by atoms with E-state index in [4.69, 9.17) is 0 Å². The summed E-state index contributed by atoms with van der Waals surface area (Å²) in [5.41, 5.74) is 2.63. The molecule has 0 radical (unpaired) electrons. The molecule has 0 saturated heterocycles. The second-order valence-corrected chi connectivity index (χ2v) is 7.43. The maximum atomic E-state index is 13.0. The number of nitrogens with zero attached hydrogens (tertiary/aromatic N) is 2. The van der Waals surface area contributed by atoms with E-state index in [0.29, 0.717) is 10.2 Å². The summed E-state index contributed by atoms with van der Waals surface area (Å²) in [6, 6.07) is 19.3. The van der Waals surface area contributed by atoms with Crippen LogP contribution in [0.15, 0.2) is 77.2 Å². The fourth-order valence-corrected chi connectivity index (χ4v) is 4.08. The number of hydrogen-bond acceptors (Lipinski definition) is 4. The lowest BCUT2D eigenvalue weighted by atomic mass is 10.1. The van der Waals surface area contributed by atoms with E-state index in [1.807, 2.05) is 73.0 Å². The van der Waals surface area contributed by atoms with Crippen molar-refractivity contribution in [2.24, 2.45) is 0 Å². The van der Waals surface area contributed by atoms with Gasteiger partial charge in [-0.15, -0.1) is 11.3 Å². The second-order valence-electron chi connectivity index (χ2n) is 6.57. The largest absolute Gasteiger partial charge is 0.348 e. The highest BCUT2D eigenvalue weighted by molar-refractivity contribution is 7.17. The van der Waals surface area contributed by atoms with Crippen molar-refractivity contribution in [1.82, 2.24) is 14.9 Å². The van der Waals surface area contributed by atoms with Crippen LogP contribution in [0.4, 0.5) is 0 Å². The van der Waals surface area contributed by atoms with Crippen molar-refractivity contribution in [1.29, 1.82) is 0 Å². The fraction of sp³-hybridized carbons (Fsp3) is 0.136. The molecule has 0 spiro atoms. The van der Waals surface area contributed by atoms with E-state index in [0.717, 1.165) is 16.7 Å². The standard InChI is InChI=1S/C22H19N3O2S/c1-15(16-8-4-2-5-9-16)24-19(26)12-25-14-23-21-20(22(25)27)18(13-28-21)17-10-6-3-7-11-17/h2-11,13-15H,12H2,1H3,(H,24,26)/t15-/m0/s1. The number of fused-ring (bicyclic) bond motifs is 1. The summed E-state index contributed by atoms with van der Waals surface area (Å²) in [4.78, 5) is 30.6. The molecule has 5 nitrogen and oxygen atoms in total. The van der Waals surface area contributed by atoms with Crippen LogP contribution in [0.2, 0.25) is 0 Å². The average molecular weight is 389 g/mol. The first-order chi connectivity index (χ1) is 13.6. The Balaban J connectivity index is 1.60. The van der Waals surface area contributed by atoms with Gasteiger partial charge >= 0.3 is 0 Å². The van der Waals surface area contributed by atoms with Crippen molar-refractivity contribution in [2.45, 2.75) is 19.5 Å². The Morgan fingerprint density at radius 2 is 1.79 bits per heavy atom. The lowest BCUT2D eigenvalue weighted by molar-refractivity contribution is -0.122. The number of hydrogen-bond donors (Lipinski definition) is 1. The predicted molar refractivity (Wildman–Crippen MR) is 112 cm³/mol. The van der Waals surface area contributed by atoms with Gasteiger partial charge in [0.1, 0.15) is 11.4 Å². The molecule has 0 aliphatic heterocycles. The van der Waals surface area contributed by atoms with Crippen LogP contribution in [-0.4, -0.2) is 15.5 Å². The Kier molecular flexibility index (Phi) is 5.04. The minimum atomic E-state index is -0.226. The van der Waals surface area contributed by atoms with Crippen LogP contribution in [0.25, 0.3) is 21.3 Å². The minimum Gasteiger partial charge on any atom is -0.348 e. The summed E-state index contributed by atoms with van der Waals surface area (Å²) < 4.78 is 1.37. The monoisotopic (exact) mass is 389 g/mol. The maximum absolute atomic E-state index is 13.0. The SMILES string of the molecule is C[C@H](NC(=O)Cn1cnc2scc(-c3ccccc3)c2c1=O)c1ccccc1. The molecule has 4 aromatic rings. The van der Waals surface area contributed by atoms with Gasteiger partial charge in [-0.25, -0.2) is 4.98 Å². The van der Waals surface area contributed by atoms with Gasteiger partial charge in [-0.2, -0.15) is 0 Å². The lowest BCUT2D eigenvalue weighted by Gasteiger charge is -2.14. The quantitative estimate of drug-likeness (QED) is 0.561. The van der Waals surface area contributed by atoms with Crippen LogP contribution in [0, 0.1) is 0 Å². The Labute approximate surface area is 166 Å². The van der Waals surface area contributed by atoms with E-state index in [1.165, 1.54) is 22.2 Å². The van der Waals surface area contributed by atoms with Gasteiger partial charge in [0.25, 0.3) is 5.56 Å². The van der Waals surface area contributed by atoms with E-state index in [-0.39, 0.29) is 24.1 Å². The third-order valence-electron chi connectivity index (χ3n) is 4.64. The van der Waals surface area contributed by atoms with Gasteiger partial charge in [0.2, 0.25) is 5.91 Å². The minimum absolute atomic E-state index is 0.0664. The number of benzene rings is 2. The number of amides is 1. The van der Waals surface area contributed by atoms with Crippen LogP contribution in [0.5, 0.6) is 0 Å². The number of aromatic nitrogens is 2. The van der Waals surface area contributed by atoms with Gasteiger partial charge in [0, 0.05) is 10.9 Å². The smallest absolute Gasteiger partial charge is 0.263 e. The van der Waals surface area contributed by atoms with Crippen molar-refractivity contribution in [3.8, 4) is 11.1 Å². The van der Waals surface area contributed by atoms with Gasteiger partial charge in [0.05, 0.1) is 17.8 Å². The molecule has 0 unspecified atom stereocenters. The summed E-state index contributed by atoms with van der Waals surface area (Å²) in [6.07, 6.45) is 1.45. The number of thiophene rings is 1. The highest BCUT2D eigenvalue weighted by Gasteiger charge is 2.15. The zero-order valence-electron chi connectivity index (χ0n) is 15.3. The molecule has 1 N–H and O–H groups in total. The zero-order chi connectivity index (χ0) is 19.5. The number of carbonyl (C=O) groups excluding carboxylic acids is 1. The van der Waals surface area contributed by atoms with Crippen molar-refractivity contribution >= 4 is 27.5 Å². The molecule has 6 heteroatoms. The molecular formula is C22H19N3O2S. The van der Waals surface area contributed by atoms with E-state index in [9.17, 15) is 9.59 Å². The third-order valence-corrected chi connectivity index (χ3v) is 5.52. The molecule has 0 fully saturated rings. The van der Waals surface area contributed by atoms with Crippen molar-refractivity contribution in [2.75, 3.05) is 0 Å². The first-order valence-corrected chi connectivity index (χ1v) is 9.88. The molecule has 2 aromatic carbocycles. The highest BCUT2D eigenvalue weighted by Crippen LogP contribution is 2.30. The van der Waals surface area contributed by atoms with Gasteiger partial charge in [-0.3, -0.25) is 14.2 Å². The molecular weight excluding hydrogens is 370 g/mol. The van der Waals surface area contributed by atoms with Crippen molar-refractivity contribution in [3.63, 3.8) is 0 Å². The Morgan fingerprint density at radius 1 is 1.11 bits per heavy atom. The van der Waals surface area contributed by atoms with E-state index in [2.05, 4.69) is 10.3 Å². The predicted octanol–water partition coefficient (Wildman–Crippen LogP) is 4.00. The maximum Gasteiger partial charge on any atom is 0.263 e. The summed E-state index contributed by atoms with van der Waals surface area (Å²) in [5.74, 6) is -0.226. The van der Waals surface area contributed by atoms with E-state index < -0.39 is 0 Å². The average Bonchev–Trinajstić information content (AvgIpc) is 3.16. The molecule has 28 heavy (non-hydrogen) atoms. The van der Waals surface area contributed by atoms with Gasteiger partial charge in [-0.05, 0) is 18.1 Å². The number of nitrogens with one attached hydrogen (secondary N) is 1. The van der Waals surface area contributed by atoms with Crippen molar-refractivity contribution < 1.29 is 4.79 Å². The van der Waals surface area contributed by atoms with Crippen LogP contribution in [-0.2, 0) is 11.3 Å². The van der Waals surface area contributed by atoms with Gasteiger partial charge < -0.3 is 5.32 Å². The van der Waals surface area contributed by atoms with Crippen molar-refractivity contribution in [3.05, 3.63) is 88.3 Å². The van der Waals surface area contributed by atoms with Crippen LogP contribution < -0.4 is 10.9 Å². The Bertz CT molecular complexity index is 1170. The summed E-state index contributed by atoms with van der Waals surface area (Å²) in [5, 5.41) is 5.43. The highest BCUT2D eigenvalue weighted by atomic mass is 32.1. The molecule has 0 saturated carbocycles. The molecule has 140 valence electrons. The van der Waals surface area contributed by atoms with Crippen LogP contribution >= 0.6 is 11.3 Å². The van der Waals surface area contributed by atoms with Crippen LogP contribution in [0.3, 0.4) is 0 Å². The lowest BCUT2D eigenvalue weighted by Crippen LogP contribution is -2.33. The molecule has 0 aliphatic carbocycles. The molecule has 4 rings (SSSR count). The number of carbonyl (C=O) groups is 1. The zero-order valence-corrected chi connectivity index (χ0v) is 16.1. The third kappa shape index (κ3) is 3.59. The molecule has 1 amide bonds. The van der Waals surface area contributed by atoms with Gasteiger partial charge in [0.15, 0.2) is 0 Å². The molecule has 2 heterocycles. The number of rotatable bonds is 5. The normalized spacial score (nSPS) is 12.0. The first kappa shape index (κ1) is 18.1. The van der Waals surface area contributed by atoms with E-state index in [1.54, 1.807) is 0 Å². The summed E-state index contributed by atoms with van der Waals surface area (Å²) in [6.45, 7) is 1.85.